The van der Waals surface area contributed by atoms with Crippen molar-refractivity contribution in [3.8, 4) is 11.3 Å². The van der Waals surface area contributed by atoms with Crippen molar-refractivity contribution in [3.63, 3.8) is 0 Å². The van der Waals surface area contributed by atoms with Crippen molar-refractivity contribution in [2.45, 2.75) is 38.8 Å². The Hall–Kier alpha value is -3.10. The minimum atomic E-state index is -0.439. The summed E-state index contributed by atoms with van der Waals surface area (Å²) in [5, 5.41) is 4.85. The lowest BCUT2D eigenvalue weighted by Gasteiger charge is -2.33. The molecule has 6 rings (SSSR count). The number of aromatic nitrogens is 5. The van der Waals surface area contributed by atoms with Gasteiger partial charge in [0.2, 0.25) is 0 Å². The van der Waals surface area contributed by atoms with Gasteiger partial charge < -0.3 is 9.64 Å². The largest absolute Gasteiger partial charge is 0.370 e. The number of fused-ring (bicyclic) bond motifs is 1. The van der Waals surface area contributed by atoms with Gasteiger partial charge >= 0.3 is 0 Å². The van der Waals surface area contributed by atoms with Gasteiger partial charge in [-0.2, -0.15) is 5.10 Å². The topological polar surface area (TPSA) is 69.0 Å². The number of hydrogen-bond acceptors (Lipinski definition) is 6. The highest BCUT2D eigenvalue weighted by atomic mass is 35.5. The molecule has 1 atom stereocenters. The number of halogens is 2. The van der Waals surface area contributed by atoms with Crippen LogP contribution in [-0.2, 0) is 4.74 Å². The van der Waals surface area contributed by atoms with Gasteiger partial charge in [-0.25, -0.2) is 19.3 Å². The van der Waals surface area contributed by atoms with E-state index in [4.69, 9.17) is 31.3 Å². The predicted molar refractivity (Wildman–Crippen MR) is 129 cm³/mol. The van der Waals surface area contributed by atoms with Crippen molar-refractivity contribution in [1.29, 1.82) is 0 Å². The van der Waals surface area contributed by atoms with Crippen molar-refractivity contribution in [3.05, 3.63) is 64.5 Å². The Morgan fingerprint density at radius 3 is 2.71 bits per heavy atom. The van der Waals surface area contributed by atoms with E-state index in [-0.39, 0.29) is 6.10 Å². The molecule has 9 heteroatoms. The Balaban J connectivity index is 1.41. The molecule has 1 aromatic carbocycles. The quantitative estimate of drug-likeness (QED) is 0.401. The Kier molecular flexibility index (Phi) is 5.22. The van der Waals surface area contributed by atoms with Crippen molar-refractivity contribution < 1.29 is 9.13 Å². The molecule has 4 aromatic rings. The Morgan fingerprint density at radius 2 is 1.91 bits per heavy atom. The number of ether oxygens (including phenoxy) is 1. The third kappa shape index (κ3) is 3.91. The van der Waals surface area contributed by atoms with E-state index in [1.807, 2.05) is 30.8 Å². The molecule has 1 aliphatic heterocycles. The molecule has 0 N–H and O–H groups in total. The number of morpholine rings is 1. The van der Waals surface area contributed by atoms with Crippen molar-refractivity contribution in [2.75, 3.05) is 24.6 Å². The molecular formula is C25H24ClFN6O. The Morgan fingerprint density at radius 1 is 1.09 bits per heavy atom. The normalized spacial score (nSPS) is 18.6. The first kappa shape index (κ1) is 21.4. The molecule has 2 aliphatic rings. The summed E-state index contributed by atoms with van der Waals surface area (Å²) in [6.45, 7) is 5.67. The van der Waals surface area contributed by atoms with Crippen LogP contribution in [0.4, 0.5) is 10.2 Å². The standard InChI is InChI=1S/C25H24ClFN6O/c1-14-15(2)30-25-21(29-14)10-23(31-24(25)19-6-3-17(26)9-20(19)27)32-7-8-34-22(13-32)16-11-28-33(12-16)18-4-5-18/h3,6,9-12,18,22H,4-5,7-8,13H2,1-2H3/t22-/m0/s1. The Labute approximate surface area is 201 Å². The monoisotopic (exact) mass is 478 g/mol. The van der Waals surface area contributed by atoms with Gasteiger partial charge in [-0.3, -0.25) is 4.68 Å². The summed E-state index contributed by atoms with van der Waals surface area (Å²) >= 11 is 6.00. The molecule has 0 radical (unpaired) electrons. The number of rotatable bonds is 4. The summed E-state index contributed by atoms with van der Waals surface area (Å²) in [6, 6.07) is 7.07. The van der Waals surface area contributed by atoms with Crippen LogP contribution in [0.15, 0.2) is 36.7 Å². The molecule has 4 heterocycles. The zero-order chi connectivity index (χ0) is 23.4. The number of hydrogen-bond donors (Lipinski definition) is 0. The lowest BCUT2D eigenvalue weighted by Crippen LogP contribution is -2.38. The molecule has 34 heavy (non-hydrogen) atoms. The highest BCUT2D eigenvalue weighted by Crippen LogP contribution is 2.36. The van der Waals surface area contributed by atoms with E-state index in [1.165, 1.54) is 18.9 Å². The molecule has 1 aliphatic carbocycles. The fourth-order valence-electron chi connectivity index (χ4n) is 4.37. The number of benzene rings is 1. The van der Waals surface area contributed by atoms with Crippen LogP contribution in [0.25, 0.3) is 22.3 Å². The molecule has 3 aromatic heterocycles. The van der Waals surface area contributed by atoms with Crippen LogP contribution in [0, 0.1) is 19.7 Å². The molecule has 0 amide bonds. The second-order valence-electron chi connectivity index (χ2n) is 9.01. The molecule has 0 spiro atoms. The van der Waals surface area contributed by atoms with E-state index in [0.29, 0.717) is 53.1 Å². The second kappa shape index (κ2) is 8.29. The first-order valence-corrected chi connectivity index (χ1v) is 11.9. The maximum atomic E-state index is 15.0. The summed E-state index contributed by atoms with van der Waals surface area (Å²) in [7, 11) is 0. The van der Waals surface area contributed by atoms with Crippen LogP contribution in [0.2, 0.25) is 5.02 Å². The van der Waals surface area contributed by atoms with Gasteiger partial charge in [0, 0.05) is 41.5 Å². The van der Waals surface area contributed by atoms with E-state index in [1.54, 1.807) is 12.1 Å². The van der Waals surface area contributed by atoms with Gasteiger partial charge in [-0.15, -0.1) is 0 Å². The van der Waals surface area contributed by atoms with Gasteiger partial charge in [0.05, 0.1) is 35.8 Å². The average molecular weight is 479 g/mol. The third-order valence-electron chi connectivity index (χ3n) is 6.54. The summed E-state index contributed by atoms with van der Waals surface area (Å²) in [6.07, 6.45) is 6.24. The summed E-state index contributed by atoms with van der Waals surface area (Å²) in [5.74, 6) is 0.281. The predicted octanol–water partition coefficient (Wildman–Crippen LogP) is 5.21. The van der Waals surface area contributed by atoms with Crippen molar-refractivity contribution in [2.24, 2.45) is 0 Å². The van der Waals surface area contributed by atoms with Crippen LogP contribution in [0.3, 0.4) is 0 Å². The fourth-order valence-corrected chi connectivity index (χ4v) is 4.52. The van der Waals surface area contributed by atoms with Gasteiger partial charge in [-0.05, 0) is 44.9 Å². The molecule has 174 valence electrons. The highest BCUT2D eigenvalue weighted by Gasteiger charge is 2.29. The van der Waals surface area contributed by atoms with E-state index in [9.17, 15) is 4.39 Å². The summed E-state index contributed by atoms with van der Waals surface area (Å²) in [5.41, 5.74) is 4.75. The minimum absolute atomic E-state index is 0.111. The maximum absolute atomic E-state index is 15.0. The van der Waals surface area contributed by atoms with E-state index in [2.05, 4.69) is 16.2 Å². The van der Waals surface area contributed by atoms with Crippen molar-refractivity contribution in [1.82, 2.24) is 24.7 Å². The average Bonchev–Trinajstić information content (AvgIpc) is 3.56. The maximum Gasteiger partial charge on any atom is 0.134 e. The fraction of sp³-hybridized carbons (Fsp3) is 0.360. The zero-order valence-corrected chi connectivity index (χ0v) is 19.8. The number of pyridine rings is 1. The first-order chi connectivity index (χ1) is 16.5. The molecule has 7 nitrogen and oxygen atoms in total. The molecule has 2 fully saturated rings. The molecule has 1 saturated carbocycles. The molecule has 0 bridgehead atoms. The van der Waals surface area contributed by atoms with E-state index >= 15 is 0 Å². The zero-order valence-electron chi connectivity index (χ0n) is 19.0. The number of nitrogens with zero attached hydrogens (tertiary/aromatic N) is 6. The van der Waals surface area contributed by atoms with Gasteiger partial charge in [0.15, 0.2) is 0 Å². The summed E-state index contributed by atoms with van der Waals surface area (Å²) in [4.78, 5) is 16.5. The number of anilines is 1. The second-order valence-corrected chi connectivity index (χ2v) is 9.44. The van der Waals surface area contributed by atoms with Gasteiger partial charge in [0.25, 0.3) is 0 Å². The lowest BCUT2D eigenvalue weighted by atomic mass is 10.1. The SMILES string of the molecule is Cc1nc2cc(N3CCO[C@H](c4cnn(C5CC5)c4)C3)nc(-c3ccc(Cl)cc3F)c2nc1C. The van der Waals surface area contributed by atoms with Crippen LogP contribution in [0.1, 0.15) is 41.9 Å². The number of aryl methyl sites for hydroxylation is 2. The smallest absolute Gasteiger partial charge is 0.134 e. The van der Waals surface area contributed by atoms with Gasteiger partial charge in [0.1, 0.15) is 28.9 Å². The van der Waals surface area contributed by atoms with E-state index < -0.39 is 5.82 Å². The first-order valence-electron chi connectivity index (χ1n) is 11.5. The molecule has 0 unspecified atom stereocenters. The minimum Gasteiger partial charge on any atom is -0.370 e. The lowest BCUT2D eigenvalue weighted by molar-refractivity contribution is 0.0395. The van der Waals surface area contributed by atoms with Crippen LogP contribution in [-0.4, -0.2) is 44.4 Å². The molecular weight excluding hydrogens is 455 g/mol. The van der Waals surface area contributed by atoms with Crippen LogP contribution < -0.4 is 4.90 Å². The highest BCUT2D eigenvalue weighted by molar-refractivity contribution is 6.30. The van der Waals surface area contributed by atoms with E-state index in [0.717, 1.165) is 22.8 Å². The van der Waals surface area contributed by atoms with Crippen LogP contribution in [0.5, 0.6) is 0 Å². The van der Waals surface area contributed by atoms with Gasteiger partial charge in [-0.1, -0.05) is 11.6 Å². The Bertz CT molecular complexity index is 1400. The van der Waals surface area contributed by atoms with Crippen molar-refractivity contribution >= 4 is 28.5 Å². The molecule has 1 saturated heterocycles. The third-order valence-corrected chi connectivity index (χ3v) is 6.78. The summed E-state index contributed by atoms with van der Waals surface area (Å²) < 4.78 is 23.1. The van der Waals surface area contributed by atoms with Crippen LogP contribution >= 0.6 is 11.6 Å².